The van der Waals surface area contributed by atoms with Crippen LogP contribution in [0, 0.1) is 11.6 Å². The summed E-state index contributed by atoms with van der Waals surface area (Å²) in [6.07, 6.45) is 0. The first-order chi connectivity index (χ1) is 9.02. The third kappa shape index (κ3) is 2.71. The van der Waals surface area contributed by atoms with E-state index >= 15 is 0 Å². The topological polar surface area (TPSA) is 47.3 Å². The molecule has 2 rings (SSSR count). The standard InChI is InChI=1S/C13H11ClF2N2O/c1-19-12-6-11(9(17)5-8(12)15)18-10-4-2-3-7(14)13(10)16/h2-6,18H,17H2,1H3. The van der Waals surface area contributed by atoms with E-state index in [4.69, 9.17) is 22.1 Å². The molecule has 2 aromatic rings. The highest BCUT2D eigenvalue weighted by Crippen LogP contribution is 2.32. The molecule has 0 aliphatic rings. The Bertz CT molecular complexity index is 620. The predicted molar refractivity (Wildman–Crippen MR) is 72.1 cm³/mol. The number of benzene rings is 2. The van der Waals surface area contributed by atoms with E-state index in [0.717, 1.165) is 6.07 Å². The van der Waals surface area contributed by atoms with E-state index in [0.29, 0.717) is 5.69 Å². The van der Waals surface area contributed by atoms with Gasteiger partial charge in [0.25, 0.3) is 0 Å². The fourth-order valence-electron chi connectivity index (χ4n) is 1.58. The molecule has 0 atom stereocenters. The smallest absolute Gasteiger partial charge is 0.167 e. The summed E-state index contributed by atoms with van der Waals surface area (Å²) >= 11 is 5.67. The number of ether oxygens (including phenoxy) is 1. The number of methoxy groups -OCH3 is 1. The van der Waals surface area contributed by atoms with Crippen LogP contribution in [0.5, 0.6) is 5.75 Å². The van der Waals surface area contributed by atoms with Gasteiger partial charge in [-0.3, -0.25) is 0 Å². The molecular weight excluding hydrogens is 274 g/mol. The molecule has 0 unspecified atom stereocenters. The zero-order valence-corrected chi connectivity index (χ0v) is 10.8. The van der Waals surface area contributed by atoms with Crippen LogP contribution in [0.3, 0.4) is 0 Å². The molecule has 0 aliphatic carbocycles. The Morgan fingerprint density at radius 3 is 2.63 bits per heavy atom. The van der Waals surface area contributed by atoms with Crippen molar-refractivity contribution >= 4 is 28.7 Å². The van der Waals surface area contributed by atoms with Gasteiger partial charge in [0, 0.05) is 12.1 Å². The zero-order valence-electron chi connectivity index (χ0n) is 10.0. The van der Waals surface area contributed by atoms with Crippen LogP contribution in [0.25, 0.3) is 0 Å². The Labute approximate surface area is 113 Å². The third-order valence-electron chi connectivity index (χ3n) is 2.54. The molecule has 2 aromatic carbocycles. The van der Waals surface area contributed by atoms with Crippen LogP contribution in [0.1, 0.15) is 0 Å². The summed E-state index contributed by atoms with van der Waals surface area (Å²) in [6, 6.07) is 6.96. The minimum Gasteiger partial charge on any atom is -0.494 e. The molecule has 0 saturated carbocycles. The van der Waals surface area contributed by atoms with Gasteiger partial charge < -0.3 is 15.8 Å². The van der Waals surface area contributed by atoms with Crippen molar-refractivity contribution in [3.8, 4) is 5.75 Å². The van der Waals surface area contributed by atoms with E-state index in [9.17, 15) is 8.78 Å². The van der Waals surface area contributed by atoms with E-state index in [1.54, 1.807) is 6.07 Å². The number of anilines is 3. The molecule has 100 valence electrons. The minimum absolute atomic E-state index is 0.0131. The van der Waals surface area contributed by atoms with Gasteiger partial charge in [-0.05, 0) is 12.1 Å². The van der Waals surface area contributed by atoms with Crippen molar-refractivity contribution in [3.63, 3.8) is 0 Å². The SMILES string of the molecule is COc1cc(Nc2cccc(Cl)c2F)c(N)cc1F. The highest BCUT2D eigenvalue weighted by atomic mass is 35.5. The van der Waals surface area contributed by atoms with Gasteiger partial charge in [0.1, 0.15) is 0 Å². The molecule has 3 nitrogen and oxygen atoms in total. The van der Waals surface area contributed by atoms with E-state index in [1.165, 1.54) is 25.3 Å². The Morgan fingerprint density at radius 1 is 1.21 bits per heavy atom. The lowest BCUT2D eigenvalue weighted by molar-refractivity contribution is 0.387. The summed E-state index contributed by atoms with van der Waals surface area (Å²) in [5.74, 6) is -1.18. The van der Waals surface area contributed by atoms with Crippen LogP contribution in [-0.4, -0.2) is 7.11 Å². The molecule has 19 heavy (non-hydrogen) atoms. The summed E-state index contributed by atoms with van der Waals surface area (Å²) in [6.45, 7) is 0. The van der Waals surface area contributed by atoms with E-state index < -0.39 is 11.6 Å². The Kier molecular flexibility index (Phi) is 3.76. The van der Waals surface area contributed by atoms with Gasteiger partial charge >= 0.3 is 0 Å². The average Bonchev–Trinajstić information content (AvgIpc) is 2.38. The molecular formula is C13H11ClF2N2O. The van der Waals surface area contributed by atoms with Crippen molar-refractivity contribution < 1.29 is 13.5 Å². The monoisotopic (exact) mass is 284 g/mol. The van der Waals surface area contributed by atoms with Crippen LogP contribution in [0.15, 0.2) is 30.3 Å². The second-order valence-corrected chi connectivity index (χ2v) is 4.21. The van der Waals surface area contributed by atoms with Crippen molar-refractivity contribution in [1.82, 2.24) is 0 Å². The summed E-state index contributed by atoms with van der Waals surface area (Å²) in [5.41, 5.74) is 6.28. The lowest BCUT2D eigenvalue weighted by Crippen LogP contribution is -2.00. The number of rotatable bonds is 3. The number of nitrogen functional groups attached to an aromatic ring is 1. The largest absolute Gasteiger partial charge is 0.494 e. The molecule has 0 amide bonds. The molecule has 6 heteroatoms. The van der Waals surface area contributed by atoms with Gasteiger partial charge in [0.05, 0.1) is 29.2 Å². The van der Waals surface area contributed by atoms with Crippen LogP contribution in [0.4, 0.5) is 25.8 Å². The summed E-state index contributed by atoms with van der Waals surface area (Å²) < 4.78 is 32.0. The lowest BCUT2D eigenvalue weighted by Gasteiger charge is -2.12. The summed E-state index contributed by atoms with van der Waals surface area (Å²) in [7, 11) is 1.33. The normalized spacial score (nSPS) is 10.3. The molecule has 0 fully saturated rings. The first-order valence-corrected chi connectivity index (χ1v) is 5.74. The predicted octanol–water partition coefficient (Wildman–Crippen LogP) is 3.95. The highest BCUT2D eigenvalue weighted by Gasteiger charge is 2.11. The highest BCUT2D eigenvalue weighted by molar-refractivity contribution is 6.31. The van der Waals surface area contributed by atoms with Gasteiger partial charge in [0.2, 0.25) is 0 Å². The van der Waals surface area contributed by atoms with Crippen molar-refractivity contribution in [2.45, 2.75) is 0 Å². The quantitative estimate of drug-likeness (QED) is 0.839. The average molecular weight is 285 g/mol. The Balaban J connectivity index is 2.41. The van der Waals surface area contributed by atoms with Crippen molar-refractivity contribution in [2.24, 2.45) is 0 Å². The Morgan fingerprint density at radius 2 is 1.95 bits per heavy atom. The molecule has 0 radical (unpaired) electrons. The zero-order chi connectivity index (χ0) is 14.0. The number of halogens is 3. The number of hydrogen-bond acceptors (Lipinski definition) is 3. The van der Waals surface area contributed by atoms with Crippen LogP contribution in [-0.2, 0) is 0 Å². The van der Waals surface area contributed by atoms with Crippen molar-refractivity contribution in [1.29, 1.82) is 0 Å². The molecule has 0 aromatic heterocycles. The van der Waals surface area contributed by atoms with E-state index in [-0.39, 0.29) is 22.1 Å². The molecule has 0 bridgehead atoms. The number of hydrogen-bond donors (Lipinski definition) is 2. The van der Waals surface area contributed by atoms with Crippen molar-refractivity contribution in [3.05, 3.63) is 47.0 Å². The van der Waals surface area contributed by atoms with Crippen LogP contribution >= 0.6 is 11.6 Å². The van der Waals surface area contributed by atoms with E-state index in [2.05, 4.69) is 5.32 Å². The van der Waals surface area contributed by atoms with Gasteiger partial charge in [-0.15, -0.1) is 0 Å². The maximum atomic E-state index is 13.7. The first kappa shape index (κ1) is 13.4. The molecule has 0 aliphatic heterocycles. The first-order valence-electron chi connectivity index (χ1n) is 5.37. The summed E-state index contributed by atoms with van der Waals surface area (Å²) in [5, 5.41) is 2.74. The maximum Gasteiger partial charge on any atom is 0.167 e. The van der Waals surface area contributed by atoms with E-state index in [1.807, 2.05) is 0 Å². The van der Waals surface area contributed by atoms with Crippen molar-refractivity contribution in [2.75, 3.05) is 18.2 Å². The third-order valence-corrected chi connectivity index (χ3v) is 2.84. The molecule has 3 N–H and O–H groups in total. The number of nitrogens with two attached hydrogens (primary N) is 1. The second-order valence-electron chi connectivity index (χ2n) is 3.80. The van der Waals surface area contributed by atoms with Gasteiger partial charge in [-0.2, -0.15) is 0 Å². The fraction of sp³-hybridized carbons (Fsp3) is 0.0769. The lowest BCUT2D eigenvalue weighted by atomic mass is 10.2. The Hall–Kier alpha value is -2.01. The van der Waals surface area contributed by atoms with Crippen LogP contribution in [0.2, 0.25) is 5.02 Å². The molecule has 0 heterocycles. The maximum absolute atomic E-state index is 13.7. The second kappa shape index (κ2) is 5.32. The van der Waals surface area contributed by atoms with Gasteiger partial charge in [0.15, 0.2) is 17.4 Å². The van der Waals surface area contributed by atoms with Crippen LogP contribution < -0.4 is 15.8 Å². The fourth-order valence-corrected chi connectivity index (χ4v) is 1.75. The summed E-state index contributed by atoms with van der Waals surface area (Å²) in [4.78, 5) is 0. The molecule has 0 spiro atoms. The molecule has 0 saturated heterocycles. The number of nitrogens with one attached hydrogen (secondary N) is 1. The van der Waals surface area contributed by atoms with Gasteiger partial charge in [-0.25, -0.2) is 8.78 Å². The minimum atomic E-state index is -0.605. The van der Waals surface area contributed by atoms with Gasteiger partial charge in [-0.1, -0.05) is 17.7 Å².